The van der Waals surface area contributed by atoms with E-state index < -0.39 is 0 Å². The minimum absolute atomic E-state index is 0.660. The first kappa shape index (κ1) is 15.0. The number of aromatic nitrogens is 2. The fourth-order valence-corrected chi connectivity index (χ4v) is 4.47. The maximum absolute atomic E-state index is 6.04. The zero-order valence-electron chi connectivity index (χ0n) is 14.2. The Bertz CT molecular complexity index is 1440. The summed E-state index contributed by atoms with van der Waals surface area (Å²) in [7, 11) is 0. The molecule has 0 fully saturated rings. The summed E-state index contributed by atoms with van der Waals surface area (Å²) >= 11 is 3.66. The van der Waals surface area contributed by atoms with E-state index in [1.54, 1.807) is 6.20 Å². The standard InChI is InChI=1S/C23H13BrN2O/c24-14-12-20(22-17-8-5-11-25-23(17)27-21(22)13-14)26-18-9-3-1-6-15(18)16-7-2-4-10-19(16)26/h1-13H. The molecule has 0 radical (unpaired) electrons. The first-order valence-corrected chi connectivity index (χ1v) is 9.56. The van der Waals surface area contributed by atoms with Crippen LogP contribution in [0.15, 0.2) is 87.9 Å². The first-order chi connectivity index (χ1) is 13.3. The van der Waals surface area contributed by atoms with E-state index in [0.29, 0.717) is 5.71 Å². The summed E-state index contributed by atoms with van der Waals surface area (Å²) in [4.78, 5) is 4.40. The molecule has 27 heavy (non-hydrogen) atoms. The Hall–Kier alpha value is -3.11. The summed E-state index contributed by atoms with van der Waals surface area (Å²) in [5.74, 6) is 0. The van der Waals surface area contributed by atoms with Crippen molar-refractivity contribution < 1.29 is 4.42 Å². The lowest BCUT2D eigenvalue weighted by atomic mass is 10.1. The van der Waals surface area contributed by atoms with E-state index in [1.807, 2.05) is 12.1 Å². The van der Waals surface area contributed by atoms with Gasteiger partial charge in [-0.05, 0) is 36.4 Å². The van der Waals surface area contributed by atoms with Crippen molar-refractivity contribution in [2.24, 2.45) is 0 Å². The topological polar surface area (TPSA) is 31.0 Å². The smallest absolute Gasteiger partial charge is 0.227 e. The average Bonchev–Trinajstić information content (AvgIpc) is 3.23. The highest BCUT2D eigenvalue weighted by Gasteiger charge is 2.18. The molecule has 3 heterocycles. The number of benzene rings is 3. The third kappa shape index (κ3) is 2.04. The third-order valence-electron chi connectivity index (χ3n) is 5.11. The summed E-state index contributed by atoms with van der Waals surface area (Å²) in [6.07, 6.45) is 1.76. The quantitative estimate of drug-likeness (QED) is 0.296. The Balaban J connectivity index is 1.89. The van der Waals surface area contributed by atoms with Gasteiger partial charge in [-0.15, -0.1) is 0 Å². The van der Waals surface area contributed by atoms with Gasteiger partial charge in [0, 0.05) is 21.4 Å². The first-order valence-electron chi connectivity index (χ1n) is 8.76. The summed E-state index contributed by atoms with van der Waals surface area (Å²) < 4.78 is 9.34. The van der Waals surface area contributed by atoms with E-state index in [2.05, 4.69) is 86.1 Å². The van der Waals surface area contributed by atoms with Crippen molar-refractivity contribution in [3.05, 3.63) is 83.5 Å². The van der Waals surface area contributed by atoms with Crippen LogP contribution < -0.4 is 0 Å². The van der Waals surface area contributed by atoms with Gasteiger partial charge >= 0.3 is 0 Å². The van der Waals surface area contributed by atoms with E-state index in [1.165, 1.54) is 21.8 Å². The number of para-hydroxylation sites is 2. The average molecular weight is 413 g/mol. The molecule has 4 heteroatoms. The number of furan rings is 1. The SMILES string of the molecule is Brc1cc(-n2c3ccccc3c3ccccc32)c2c(c1)oc1ncccc12. The molecule has 0 atom stereocenters. The van der Waals surface area contributed by atoms with Crippen LogP contribution in [-0.2, 0) is 0 Å². The van der Waals surface area contributed by atoms with E-state index >= 15 is 0 Å². The highest BCUT2D eigenvalue weighted by atomic mass is 79.9. The summed E-state index contributed by atoms with van der Waals surface area (Å²) in [5.41, 5.74) is 4.93. The summed E-state index contributed by atoms with van der Waals surface area (Å²) in [6, 6.07) is 25.2. The molecule has 0 amide bonds. The van der Waals surface area contributed by atoms with Crippen LogP contribution in [0.1, 0.15) is 0 Å². The minimum Gasteiger partial charge on any atom is -0.438 e. The van der Waals surface area contributed by atoms with Crippen molar-refractivity contribution in [1.82, 2.24) is 9.55 Å². The van der Waals surface area contributed by atoms with Gasteiger partial charge in [0.15, 0.2) is 0 Å². The normalized spacial score (nSPS) is 11.9. The molecule has 3 aromatic carbocycles. The Morgan fingerprint density at radius 2 is 1.44 bits per heavy atom. The molecule has 128 valence electrons. The predicted molar refractivity (Wildman–Crippen MR) is 114 cm³/mol. The van der Waals surface area contributed by atoms with Gasteiger partial charge in [0.05, 0.1) is 27.5 Å². The maximum Gasteiger partial charge on any atom is 0.227 e. The zero-order chi connectivity index (χ0) is 18.0. The van der Waals surface area contributed by atoms with Gasteiger partial charge in [-0.3, -0.25) is 0 Å². The van der Waals surface area contributed by atoms with Crippen LogP contribution in [0.25, 0.3) is 49.6 Å². The predicted octanol–water partition coefficient (Wildman–Crippen LogP) is 6.84. The molecular weight excluding hydrogens is 400 g/mol. The van der Waals surface area contributed by atoms with Gasteiger partial charge in [0.2, 0.25) is 5.71 Å². The molecule has 0 aliphatic heterocycles. The lowest BCUT2D eigenvalue weighted by Crippen LogP contribution is -1.95. The zero-order valence-corrected chi connectivity index (χ0v) is 15.8. The molecule has 3 nitrogen and oxygen atoms in total. The monoisotopic (exact) mass is 412 g/mol. The van der Waals surface area contributed by atoms with Crippen LogP contribution >= 0.6 is 15.9 Å². The number of hydrogen-bond acceptors (Lipinski definition) is 2. The Morgan fingerprint density at radius 1 is 0.778 bits per heavy atom. The maximum atomic E-state index is 6.04. The van der Waals surface area contributed by atoms with Gasteiger partial charge in [-0.2, -0.15) is 0 Å². The van der Waals surface area contributed by atoms with E-state index in [-0.39, 0.29) is 0 Å². The fourth-order valence-electron chi connectivity index (χ4n) is 4.04. The molecule has 6 rings (SSSR count). The summed E-state index contributed by atoms with van der Waals surface area (Å²) in [6.45, 7) is 0. The van der Waals surface area contributed by atoms with Crippen LogP contribution in [0.3, 0.4) is 0 Å². The van der Waals surface area contributed by atoms with Crippen LogP contribution in [0.5, 0.6) is 0 Å². The molecule has 0 unspecified atom stereocenters. The molecule has 0 saturated carbocycles. The highest BCUT2D eigenvalue weighted by molar-refractivity contribution is 9.10. The molecule has 0 aliphatic carbocycles. The van der Waals surface area contributed by atoms with Gasteiger partial charge in [0.1, 0.15) is 5.58 Å². The molecule has 0 aliphatic rings. The van der Waals surface area contributed by atoms with Crippen molar-refractivity contribution in [3.63, 3.8) is 0 Å². The second kappa shape index (κ2) is 5.44. The highest BCUT2D eigenvalue weighted by Crippen LogP contribution is 2.39. The van der Waals surface area contributed by atoms with E-state index in [9.17, 15) is 0 Å². The number of fused-ring (bicyclic) bond motifs is 6. The van der Waals surface area contributed by atoms with Crippen molar-refractivity contribution in [2.45, 2.75) is 0 Å². The van der Waals surface area contributed by atoms with Crippen LogP contribution in [0.2, 0.25) is 0 Å². The lowest BCUT2D eigenvalue weighted by molar-refractivity contribution is 0.654. The number of hydrogen-bond donors (Lipinski definition) is 0. The van der Waals surface area contributed by atoms with Gasteiger partial charge in [-0.1, -0.05) is 52.3 Å². The van der Waals surface area contributed by atoms with E-state index in [0.717, 1.165) is 26.5 Å². The van der Waals surface area contributed by atoms with Gasteiger partial charge in [-0.25, -0.2) is 4.98 Å². The van der Waals surface area contributed by atoms with Crippen LogP contribution in [0, 0.1) is 0 Å². The molecule has 0 bridgehead atoms. The number of halogens is 1. The Kier molecular flexibility index (Phi) is 3.02. The molecule has 0 spiro atoms. The van der Waals surface area contributed by atoms with Crippen LogP contribution in [0.4, 0.5) is 0 Å². The molecule has 3 aromatic heterocycles. The minimum atomic E-state index is 0.660. The van der Waals surface area contributed by atoms with Crippen molar-refractivity contribution in [1.29, 1.82) is 0 Å². The number of pyridine rings is 1. The molecule has 6 aromatic rings. The largest absolute Gasteiger partial charge is 0.438 e. The van der Waals surface area contributed by atoms with Crippen LogP contribution in [-0.4, -0.2) is 9.55 Å². The second-order valence-electron chi connectivity index (χ2n) is 6.63. The van der Waals surface area contributed by atoms with Crippen molar-refractivity contribution >= 4 is 59.8 Å². The number of rotatable bonds is 1. The molecule has 0 saturated heterocycles. The van der Waals surface area contributed by atoms with Gasteiger partial charge in [0.25, 0.3) is 0 Å². The second-order valence-corrected chi connectivity index (χ2v) is 7.54. The van der Waals surface area contributed by atoms with Crippen molar-refractivity contribution in [2.75, 3.05) is 0 Å². The molecule has 0 N–H and O–H groups in total. The van der Waals surface area contributed by atoms with Gasteiger partial charge < -0.3 is 8.98 Å². The Labute approximate surface area is 163 Å². The fraction of sp³-hybridized carbons (Fsp3) is 0. The van der Waals surface area contributed by atoms with E-state index in [4.69, 9.17) is 4.42 Å². The third-order valence-corrected chi connectivity index (χ3v) is 5.57. The summed E-state index contributed by atoms with van der Waals surface area (Å²) in [5, 5.41) is 4.59. The molecular formula is C23H13BrN2O. The van der Waals surface area contributed by atoms with Crippen molar-refractivity contribution in [3.8, 4) is 5.69 Å². The Morgan fingerprint density at radius 3 is 2.19 bits per heavy atom. The number of nitrogens with zero attached hydrogens (tertiary/aromatic N) is 2. The lowest BCUT2D eigenvalue weighted by Gasteiger charge is -2.10.